The van der Waals surface area contributed by atoms with Gasteiger partial charge in [-0.2, -0.15) is 0 Å². The molecular formula is C23H20F2N2O2. The van der Waals surface area contributed by atoms with Crippen LogP contribution in [-0.4, -0.2) is 24.9 Å². The summed E-state index contributed by atoms with van der Waals surface area (Å²) < 4.78 is 26.6. The first-order valence-electron chi connectivity index (χ1n) is 9.14. The van der Waals surface area contributed by atoms with Crippen LogP contribution in [0.1, 0.15) is 27.4 Å². The molecule has 2 N–H and O–H groups in total. The summed E-state index contributed by atoms with van der Waals surface area (Å²) in [7, 11) is 0. The Labute approximate surface area is 167 Å². The van der Waals surface area contributed by atoms with Gasteiger partial charge in [0, 0.05) is 18.5 Å². The van der Waals surface area contributed by atoms with Crippen LogP contribution in [-0.2, 0) is 4.79 Å². The van der Waals surface area contributed by atoms with Crippen molar-refractivity contribution in [3.05, 3.63) is 107 Å². The van der Waals surface area contributed by atoms with Gasteiger partial charge in [0.05, 0.1) is 12.1 Å². The molecule has 0 unspecified atom stereocenters. The van der Waals surface area contributed by atoms with E-state index in [0.29, 0.717) is 12.6 Å². The SMILES string of the molecule is O=C(CNC(=O)c1ccc(F)cc1F)NCC(c1ccccc1)c1ccccc1. The molecule has 0 aliphatic heterocycles. The smallest absolute Gasteiger partial charge is 0.254 e. The van der Waals surface area contributed by atoms with E-state index in [1.165, 1.54) is 0 Å². The van der Waals surface area contributed by atoms with Crippen LogP contribution < -0.4 is 10.6 Å². The van der Waals surface area contributed by atoms with Gasteiger partial charge in [-0.25, -0.2) is 8.78 Å². The van der Waals surface area contributed by atoms with E-state index < -0.39 is 23.4 Å². The van der Waals surface area contributed by atoms with Crippen LogP contribution in [0, 0.1) is 11.6 Å². The van der Waals surface area contributed by atoms with E-state index >= 15 is 0 Å². The number of benzene rings is 3. The zero-order valence-electron chi connectivity index (χ0n) is 15.6. The maximum atomic E-state index is 13.7. The summed E-state index contributed by atoms with van der Waals surface area (Å²) in [6.45, 7) is 0.0274. The van der Waals surface area contributed by atoms with E-state index in [2.05, 4.69) is 10.6 Å². The van der Waals surface area contributed by atoms with Crippen LogP contribution in [0.25, 0.3) is 0 Å². The number of halogens is 2. The molecule has 0 aromatic heterocycles. The predicted octanol–water partition coefficient (Wildman–Crippen LogP) is 3.64. The standard InChI is InChI=1S/C23H20F2N2O2/c24-18-11-12-19(21(25)13-18)23(29)27-15-22(28)26-14-20(16-7-3-1-4-8-16)17-9-5-2-6-10-17/h1-13,20H,14-15H2,(H,26,28)(H,27,29). The summed E-state index contributed by atoms with van der Waals surface area (Å²) in [6.07, 6.45) is 0. The number of carbonyl (C=O) groups is 2. The average Bonchev–Trinajstić information content (AvgIpc) is 2.74. The molecule has 29 heavy (non-hydrogen) atoms. The van der Waals surface area contributed by atoms with Crippen molar-refractivity contribution >= 4 is 11.8 Å². The second kappa shape index (κ2) is 9.59. The molecule has 148 valence electrons. The van der Waals surface area contributed by atoms with Gasteiger partial charge in [-0.3, -0.25) is 9.59 Å². The highest BCUT2D eigenvalue weighted by Crippen LogP contribution is 2.23. The first-order valence-corrected chi connectivity index (χ1v) is 9.14. The monoisotopic (exact) mass is 394 g/mol. The molecule has 0 spiro atoms. The fourth-order valence-electron chi connectivity index (χ4n) is 3.01. The third kappa shape index (κ3) is 5.48. The van der Waals surface area contributed by atoms with Crippen LogP contribution >= 0.6 is 0 Å². The normalized spacial score (nSPS) is 10.6. The highest BCUT2D eigenvalue weighted by Gasteiger charge is 2.16. The Bertz CT molecular complexity index is 939. The van der Waals surface area contributed by atoms with Crippen LogP contribution in [0.4, 0.5) is 8.78 Å². The van der Waals surface area contributed by atoms with Gasteiger partial charge in [0.2, 0.25) is 5.91 Å². The van der Waals surface area contributed by atoms with E-state index in [9.17, 15) is 18.4 Å². The molecule has 4 nitrogen and oxygen atoms in total. The summed E-state index contributed by atoms with van der Waals surface area (Å²) >= 11 is 0. The van der Waals surface area contributed by atoms with Gasteiger partial charge < -0.3 is 10.6 Å². The van der Waals surface area contributed by atoms with Gasteiger partial charge in [0.25, 0.3) is 5.91 Å². The van der Waals surface area contributed by atoms with Crippen molar-refractivity contribution in [2.24, 2.45) is 0 Å². The Morgan fingerprint density at radius 2 is 1.38 bits per heavy atom. The van der Waals surface area contributed by atoms with E-state index in [1.807, 2.05) is 60.7 Å². The van der Waals surface area contributed by atoms with Crippen molar-refractivity contribution in [2.75, 3.05) is 13.1 Å². The fraction of sp³-hybridized carbons (Fsp3) is 0.130. The van der Waals surface area contributed by atoms with Crippen LogP contribution in [0.5, 0.6) is 0 Å². The first-order chi connectivity index (χ1) is 14.0. The molecule has 6 heteroatoms. The third-order valence-electron chi connectivity index (χ3n) is 4.49. The Kier molecular flexibility index (Phi) is 6.68. The van der Waals surface area contributed by atoms with E-state index in [4.69, 9.17) is 0 Å². The molecule has 0 bridgehead atoms. The molecule has 0 saturated heterocycles. The van der Waals surface area contributed by atoms with Gasteiger partial charge in [-0.15, -0.1) is 0 Å². The molecule has 0 aliphatic rings. The summed E-state index contributed by atoms with van der Waals surface area (Å²) in [6, 6.07) is 22.2. The minimum atomic E-state index is -0.976. The van der Waals surface area contributed by atoms with E-state index in [1.54, 1.807) is 0 Å². The lowest BCUT2D eigenvalue weighted by Gasteiger charge is -2.19. The Morgan fingerprint density at radius 3 is 1.93 bits per heavy atom. The molecular weight excluding hydrogens is 374 g/mol. The summed E-state index contributed by atoms with van der Waals surface area (Å²) in [5, 5.41) is 5.15. The predicted molar refractivity (Wildman–Crippen MR) is 106 cm³/mol. The number of hydrogen-bond donors (Lipinski definition) is 2. The minimum absolute atomic E-state index is 0.0494. The molecule has 2 amide bonds. The number of carbonyl (C=O) groups excluding carboxylic acids is 2. The lowest BCUT2D eigenvalue weighted by atomic mass is 9.91. The van der Waals surface area contributed by atoms with Crippen molar-refractivity contribution < 1.29 is 18.4 Å². The van der Waals surface area contributed by atoms with E-state index in [0.717, 1.165) is 23.3 Å². The molecule has 0 aliphatic carbocycles. The molecule has 0 saturated carbocycles. The van der Waals surface area contributed by atoms with E-state index in [-0.39, 0.29) is 18.0 Å². The fourth-order valence-corrected chi connectivity index (χ4v) is 3.01. The highest BCUT2D eigenvalue weighted by molar-refractivity contribution is 5.96. The molecule has 0 atom stereocenters. The average molecular weight is 394 g/mol. The number of nitrogens with one attached hydrogen (secondary N) is 2. The molecule has 3 rings (SSSR count). The third-order valence-corrected chi connectivity index (χ3v) is 4.49. The van der Waals surface area contributed by atoms with Gasteiger partial charge in [0.1, 0.15) is 11.6 Å². The van der Waals surface area contributed by atoms with Crippen LogP contribution in [0.15, 0.2) is 78.9 Å². The summed E-state index contributed by atoms with van der Waals surface area (Å²) in [5.41, 5.74) is 1.79. The van der Waals surface area contributed by atoms with Crippen molar-refractivity contribution in [3.8, 4) is 0 Å². The number of rotatable bonds is 7. The van der Waals surface area contributed by atoms with Crippen LogP contribution in [0.3, 0.4) is 0 Å². The highest BCUT2D eigenvalue weighted by atomic mass is 19.1. The maximum absolute atomic E-state index is 13.7. The second-order valence-corrected chi connectivity index (χ2v) is 6.48. The molecule has 3 aromatic carbocycles. The van der Waals surface area contributed by atoms with Crippen molar-refractivity contribution in [2.45, 2.75) is 5.92 Å². The van der Waals surface area contributed by atoms with Crippen molar-refractivity contribution in [1.29, 1.82) is 0 Å². The van der Waals surface area contributed by atoms with Gasteiger partial charge in [-0.1, -0.05) is 60.7 Å². The molecule has 3 aromatic rings. The van der Waals surface area contributed by atoms with Gasteiger partial charge in [0.15, 0.2) is 0 Å². The van der Waals surface area contributed by atoms with Crippen molar-refractivity contribution in [1.82, 2.24) is 10.6 Å². The van der Waals surface area contributed by atoms with Crippen molar-refractivity contribution in [3.63, 3.8) is 0 Å². The second-order valence-electron chi connectivity index (χ2n) is 6.48. The zero-order valence-corrected chi connectivity index (χ0v) is 15.6. The number of amides is 2. The Hall–Kier alpha value is -3.54. The molecule has 0 heterocycles. The largest absolute Gasteiger partial charge is 0.354 e. The summed E-state index contributed by atoms with van der Waals surface area (Å²) in [4.78, 5) is 24.2. The minimum Gasteiger partial charge on any atom is -0.354 e. The maximum Gasteiger partial charge on any atom is 0.254 e. The van der Waals surface area contributed by atoms with Gasteiger partial charge in [-0.05, 0) is 23.3 Å². The molecule has 0 fully saturated rings. The quantitative estimate of drug-likeness (QED) is 0.643. The molecule has 0 radical (unpaired) electrons. The zero-order chi connectivity index (χ0) is 20.6. The van der Waals surface area contributed by atoms with Gasteiger partial charge >= 0.3 is 0 Å². The van der Waals surface area contributed by atoms with Crippen LogP contribution in [0.2, 0.25) is 0 Å². The lowest BCUT2D eigenvalue weighted by Crippen LogP contribution is -2.39. The number of hydrogen-bond acceptors (Lipinski definition) is 2. The summed E-state index contributed by atoms with van der Waals surface area (Å²) in [5.74, 6) is -2.98. The topological polar surface area (TPSA) is 58.2 Å². The first kappa shape index (κ1) is 20.2. The Morgan fingerprint density at radius 1 is 0.793 bits per heavy atom. The Balaban J connectivity index is 1.60. The lowest BCUT2D eigenvalue weighted by molar-refractivity contribution is -0.120.